The zero-order valence-electron chi connectivity index (χ0n) is 33.4. The molecular formula is C43H66O9. The minimum absolute atomic E-state index is 0.00450. The normalized spacial score (nSPS) is 24.3. The maximum atomic E-state index is 14.2. The summed E-state index contributed by atoms with van der Waals surface area (Å²) in [5.74, 6) is -6.49. The third-order valence-electron chi connectivity index (χ3n) is 12.0. The molecule has 9 atom stereocenters. The van der Waals surface area contributed by atoms with Crippen molar-refractivity contribution in [3.05, 3.63) is 0 Å². The number of Topliss-reactive ketones (excluding diaryl/α,β-unsaturated/α-hetero) is 9. The van der Waals surface area contributed by atoms with E-state index in [1.54, 1.807) is 6.92 Å². The van der Waals surface area contributed by atoms with Gasteiger partial charge in [-0.25, -0.2) is 0 Å². The molecule has 2 aliphatic carbocycles. The molecule has 0 aromatic heterocycles. The second-order valence-corrected chi connectivity index (χ2v) is 17.0. The maximum absolute atomic E-state index is 14.2. The third kappa shape index (κ3) is 12.9. The molecule has 0 saturated heterocycles. The van der Waals surface area contributed by atoms with Gasteiger partial charge < -0.3 is 9.59 Å². The lowest BCUT2D eigenvalue weighted by atomic mass is 9.67. The predicted molar refractivity (Wildman–Crippen MR) is 199 cm³/mol. The van der Waals surface area contributed by atoms with Crippen LogP contribution in [-0.4, -0.2) is 52.0 Å². The van der Waals surface area contributed by atoms with Crippen LogP contribution in [0.1, 0.15) is 152 Å². The van der Waals surface area contributed by atoms with Gasteiger partial charge in [-0.1, -0.05) is 61.3 Å². The van der Waals surface area contributed by atoms with Crippen LogP contribution in [-0.2, 0) is 43.2 Å². The fourth-order valence-electron chi connectivity index (χ4n) is 8.69. The van der Waals surface area contributed by atoms with E-state index in [9.17, 15) is 43.2 Å². The fourth-order valence-corrected chi connectivity index (χ4v) is 8.69. The molecule has 292 valence electrons. The second kappa shape index (κ2) is 21.1. The molecule has 2 rings (SSSR count). The summed E-state index contributed by atoms with van der Waals surface area (Å²) < 4.78 is 0. The first kappa shape index (κ1) is 45.2. The van der Waals surface area contributed by atoms with Crippen molar-refractivity contribution in [2.75, 3.05) is 0 Å². The lowest BCUT2D eigenvalue weighted by Gasteiger charge is -2.35. The van der Waals surface area contributed by atoms with E-state index in [0.29, 0.717) is 57.8 Å². The number of rotatable bonds is 24. The van der Waals surface area contributed by atoms with E-state index >= 15 is 0 Å². The quantitative estimate of drug-likeness (QED) is 0.0917. The Morgan fingerprint density at radius 2 is 1.29 bits per heavy atom. The van der Waals surface area contributed by atoms with Crippen molar-refractivity contribution in [3.8, 4) is 0 Å². The van der Waals surface area contributed by atoms with Crippen molar-refractivity contribution >= 4 is 52.0 Å². The van der Waals surface area contributed by atoms with Crippen molar-refractivity contribution in [3.63, 3.8) is 0 Å². The van der Waals surface area contributed by atoms with Crippen LogP contribution in [0.5, 0.6) is 0 Å². The number of carbonyl (C=O) groups is 9. The van der Waals surface area contributed by atoms with Gasteiger partial charge in [-0.2, -0.15) is 0 Å². The van der Waals surface area contributed by atoms with Gasteiger partial charge in [0, 0.05) is 85.9 Å². The highest BCUT2D eigenvalue weighted by atomic mass is 16.2. The first-order chi connectivity index (χ1) is 24.3. The summed E-state index contributed by atoms with van der Waals surface area (Å²) in [6, 6.07) is 0. The summed E-state index contributed by atoms with van der Waals surface area (Å²) in [7, 11) is 0. The molecule has 9 nitrogen and oxygen atoms in total. The van der Waals surface area contributed by atoms with Crippen LogP contribution in [0, 0.1) is 65.1 Å². The van der Waals surface area contributed by atoms with E-state index in [0.717, 1.165) is 0 Å². The van der Waals surface area contributed by atoms with Gasteiger partial charge in [-0.3, -0.25) is 33.6 Å². The minimum atomic E-state index is -0.777. The maximum Gasteiger partial charge on any atom is 0.201 e. The first-order valence-electron chi connectivity index (χ1n) is 20.0. The number of carbonyl (C=O) groups excluding carboxylic acids is 9. The predicted octanol–water partition coefficient (Wildman–Crippen LogP) is 7.55. The van der Waals surface area contributed by atoms with E-state index in [1.165, 1.54) is 13.8 Å². The van der Waals surface area contributed by atoms with Crippen LogP contribution in [0.4, 0.5) is 0 Å². The molecular weight excluding hydrogens is 660 g/mol. The van der Waals surface area contributed by atoms with Crippen LogP contribution < -0.4 is 0 Å². The summed E-state index contributed by atoms with van der Waals surface area (Å²) in [6.45, 7) is 16.2. The molecule has 2 fully saturated rings. The van der Waals surface area contributed by atoms with E-state index in [4.69, 9.17) is 0 Å². The van der Waals surface area contributed by atoms with Crippen LogP contribution in [0.15, 0.2) is 0 Å². The summed E-state index contributed by atoms with van der Waals surface area (Å²) in [5.41, 5.74) is 0. The third-order valence-corrected chi connectivity index (χ3v) is 12.0. The van der Waals surface area contributed by atoms with Gasteiger partial charge in [0.2, 0.25) is 5.78 Å². The van der Waals surface area contributed by atoms with Crippen molar-refractivity contribution < 1.29 is 43.2 Å². The van der Waals surface area contributed by atoms with Crippen molar-refractivity contribution in [1.29, 1.82) is 0 Å². The van der Waals surface area contributed by atoms with E-state index in [1.807, 2.05) is 34.6 Å². The Kier molecular flexibility index (Phi) is 18.3. The number of hydrogen-bond donors (Lipinski definition) is 0. The summed E-state index contributed by atoms with van der Waals surface area (Å²) in [6.07, 6.45) is 4.50. The molecule has 0 bridgehead atoms. The average molecular weight is 727 g/mol. The highest BCUT2D eigenvalue weighted by Crippen LogP contribution is 2.40. The van der Waals surface area contributed by atoms with Crippen molar-refractivity contribution in [2.24, 2.45) is 65.1 Å². The molecule has 0 spiro atoms. The van der Waals surface area contributed by atoms with Crippen LogP contribution in [0.2, 0.25) is 0 Å². The lowest BCUT2D eigenvalue weighted by molar-refractivity contribution is -0.142. The molecule has 52 heavy (non-hydrogen) atoms. The standard InChI is InChI=1S/C43H66O9/c1-10-12-30(42(51)37(46)18-16-28(8)45)21-39(48)32-13-11-14-33(32)43(52)35(25(4)5)23-40(49)34(24(2)3)22-38(47)29(9)36-20-26(6)19-31(41(36)50)17-15-27(7)44/h24-26,29-36H,10-23H2,1-9H3. The zero-order valence-corrected chi connectivity index (χ0v) is 33.4. The Morgan fingerprint density at radius 3 is 1.85 bits per heavy atom. The monoisotopic (exact) mass is 726 g/mol. The van der Waals surface area contributed by atoms with Gasteiger partial charge in [0.15, 0.2) is 5.78 Å². The molecule has 9 unspecified atom stereocenters. The first-order valence-corrected chi connectivity index (χ1v) is 20.0. The highest BCUT2D eigenvalue weighted by Gasteiger charge is 2.44. The summed E-state index contributed by atoms with van der Waals surface area (Å²) in [5, 5.41) is 0. The molecule has 0 N–H and O–H groups in total. The summed E-state index contributed by atoms with van der Waals surface area (Å²) in [4.78, 5) is 117. The fraction of sp³-hybridized carbons (Fsp3) is 0.791. The summed E-state index contributed by atoms with van der Waals surface area (Å²) >= 11 is 0. The molecule has 2 aliphatic rings. The number of ketones is 9. The van der Waals surface area contributed by atoms with E-state index < -0.39 is 53.0 Å². The molecule has 2 saturated carbocycles. The van der Waals surface area contributed by atoms with Crippen molar-refractivity contribution in [1.82, 2.24) is 0 Å². The van der Waals surface area contributed by atoms with Gasteiger partial charge >= 0.3 is 0 Å². The lowest BCUT2D eigenvalue weighted by Crippen LogP contribution is -2.40. The largest absolute Gasteiger partial charge is 0.300 e. The Morgan fingerprint density at radius 1 is 0.712 bits per heavy atom. The van der Waals surface area contributed by atoms with Crippen LogP contribution >= 0.6 is 0 Å². The van der Waals surface area contributed by atoms with E-state index in [2.05, 4.69) is 6.92 Å². The van der Waals surface area contributed by atoms with Crippen molar-refractivity contribution in [2.45, 2.75) is 152 Å². The zero-order chi connectivity index (χ0) is 39.4. The molecule has 0 heterocycles. The number of hydrogen-bond acceptors (Lipinski definition) is 9. The molecule has 0 aromatic carbocycles. The molecule has 0 aromatic rings. The van der Waals surface area contributed by atoms with Crippen LogP contribution in [0.25, 0.3) is 0 Å². The average Bonchev–Trinajstić information content (AvgIpc) is 3.57. The Labute approximate surface area is 312 Å². The molecule has 0 amide bonds. The molecule has 0 radical (unpaired) electrons. The topological polar surface area (TPSA) is 154 Å². The molecule has 0 aliphatic heterocycles. The highest BCUT2D eigenvalue weighted by molar-refractivity contribution is 6.38. The van der Waals surface area contributed by atoms with Gasteiger partial charge in [-0.15, -0.1) is 0 Å². The minimum Gasteiger partial charge on any atom is -0.300 e. The molecule has 9 heteroatoms. The Balaban J connectivity index is 2.17. The second-order valence-electron chi connectivity index (χ2n) is 17.0. The van der Waals surface area contributed by atoms with Crippen LogP contribution in [0.3, 0.4) is 0 Å². The SMILES string of the molecule is CCCC(CC(=O)C1CCCC1C(=O)C(CC(=O)C(CC(=O)C(C)C1CC(C)CC(CCC(C)=O)C1=O)C(C)C)C(C)C)C(=O)C(=O)CCC(C)=O. The smallest absolute Gasteiger partial charge is 0.201 e. The Hall–Kier alpha value is -2.97. The van der Waals surface area contributed by atoms with E-state index in [-0.39, 0.29) is 96.3 Å². The van der Waals surface area contributed by atoms with Gasteiger partial charge in [0.25, 0.3) is 0 Å². The van der Waals surface area contributed by atoms with Gasteiger partial charge in [0.1, 0.15) is 40.5 Å². The van der Waals surface area contributed by atoms with Gasteiger partial charge in [-0.05, 0) is 70.1 Å². The Bertz CT molecular complexity index is 1340. The van der Waals surface area contributed by atoms with Gasteiger partial charge in [0.05, 0.1) is 0 Å².